The van der Waals surface area contributed by atoms with Gasteiger partial charge in [-0.3, -0.25) is 9.59 Å². The van der Waals surface area contributed by atoms with Crippen molar-refractivity contribution in [3.63, 3.8) is 0 Å². The Hall–Kier alpha value is -2.99. The summed E-state index contributed by atoms with van der Waals surface area (Å²) < 4.78 is 10.7. The summed E-state index contributed by atoms with van der Waals surface area (Å²) in [6, 6.07) is 12.0. The number of rotatable bonds is 6. The molecule has 2 amide bonds. The molecule has 0 atom stereocenters. The van der Waals surface area contributed by atoms with Crippen LogP contribution < -0.4 is 14.8 Å². The second-order valence-corrected chi connectivity index (χ2v) is 6.49. The van der Waals surface area contributed by atoms with E-state index in [2.05, 4.69) is 5.32 Å². The molecule has 146 valence electrons. The zero-order valence-electron chi connectivity index (χ0n) is 15.7. The average Bonchev–Trinajstić information content (AvgIpc) is 3.16. The van der Waals surface area contributed by atoms with Crippen LogP contribution in [-0.2, 0) is 4.79 Å². The summed E-state index contributed by atoms with van der Waals surface area (Å²) in [5.74, 6) is 0.524. The van der Waals surface area contributed by atoms with Crippen molar-refractivity contribution in [3.05, 3.63) is 64.3 Å². The molecule has 0 radical (unpaired) electrons. The molecule has 1 N–H and O–H groups in total. The zero-order chi connectivity index (χ0) is 20.1. The van der Waals surface area contributed by atoms with Crippen LogP contribution in [0, 0.1) is 0 Å². The molecule has 0 bridgehead atoms. The third-order valence-corrected chi connectivity index (χ3v) is 4.68. The van der Waals surface area contributed by atoms with Crippen molar-refractivity contribution in [3.8, 4) is 11.5 Å². The van der Waals surface area contributed by atoms with E-state index >= 15 is 0 Å². The third-order valence-electron chi connectivity index (χ3n) is 4.36. The van der Waals surface area contributed by atoms with Gasteiger partial charge in [0.25, 0.3) is 11.8 Å². The molecule has 1 aliphatic heterocycles. The largest absolute Gasteiger partial charge is 0.454 e. The molecular formula is C21H21ClN2O4. The summed E-state index contributed by atoms with van der Waals surface area (Å²) in [6.45, 7) is 4.98. The van der Waals surface area contributed by atoms with Crippen LogP contribution in [0.1, 0.15) is 29.8 Å². The molecule has 0 aromatic heterocycles. The highest BCUT2D eigenvalue weighted by Crippen LogP contribution is 2.33. The molecule has 1 aliphatic rings. The summed E-state index contributed by atoms with van der Waals surface area (Å²) in [7, 11) is 0. The molecule has 3 rings (SSSR count). The van der Waals surface area contributed by atoms with Gasteiger partial charge in [0.15, 0.2) is 11.5 Å². The first-order valence-electron chi connectivity index (χ1n) is 9.00. The second kappa shape index (κ2) is 8.80. The van der Waals surface area contributed by atoms with E-state index in [4.69, 9.17) is 21.1 Å². The first kappa shape index (κ1) is 19.8. The van der Waals surface area contributed by atoms with Gasteiger partial charge in [0.05, 0.1) is 10.6 Å². The number of nitrogens with zero attached hydrogens (tertiary/aromatic N) is 1. The van der Waals surface area contributed by atoms with E-state index in [0.717, 1.165) is 0 Å². The van der Waals surface area contributed by atoms with Crippen molar-refractivity contribution in [2.24, 2.45) is 0 Å². The Labute approximate surface area is 168 Å². The Balaban J connectivity index is 1.94. The lowest BCUT2D eigenvalue weighted by Gasteiger charge is -2.21. The second-order valence-electron chi connectivity index (χ2n) is 6.08. The highest BCUT2D eigenvalue weighted by Gasteiger charge is 2.21. The highest BCUT2D eigenvalue weighted by molar-refractivity contribution is 6.34. The number of hydrogen-bond donors (Lipinski definition) is 1. The van der Waals surface area contributed by atoms with Crippen LogP contribution in [0.25, 0.3) is 6.08 Å². The predicted octanol–water partition coefficient (Wildman–Crippen LogP) is 3.71. The molecule has 2 aromatic rings. The zero-order valence-corrected chi connectivity index (χ0v) is 16.5. The highest BCUT2D eigenvalue weighted by atomic mass is 35.5. The smallest absolute Gasteiger partial charge is 0.270 e. The third kappa shape index (κ3) is 4.28. The van der Waals surface area contributed by atoms with E-state index in [1.807, 2.05) is 13.8 Å². The number of amides is 2. The maximum atomic E-state index is 12.9. The number of ether oxygens (including phenoxy) is 2. The van der Waals surface area contributed by atoms with Gasteiger partial charge < -0.3 is 19.7 Å². The lowest BCUT2D eigenvalue weighted by atomic mass is 10.1. The quantitative estimate of drug-likeness (QED) is 0.750. The average molecular weight is 401 g/mol. The van der Waals surface area contributed by atoms with E-state index in [0.29, 0.717) is 40.7 Å². The summed E-state index contributed by atoms with van der Waals surface area (Å²) in [5, 5.41) is 3.03. The fourth-order valence-corrected chi connectivity index (χ4v) is 3.06. The number of benzene rings is 2. The summed E-state index contributed by atoms with van der Waals surface area (Å²) >= 11 is 6.12. The minimum Gasteiger partial charge on any atom is -0.454 e. The summed E-state index contributed by atoms with van der Waals surface area (Å²) in [6.07, 6.45) is 1.62. The van der Waals surface area contributed by atoms with Crippen LogP contribution in [0.4, 0.5) is 0 Å². The van der Waals surface area contributed by atoms with Gasteiger partial charge in [-0.15, -0.1) is 0 Å². The molecule has 0 saturated heterocycles. The minimum atomic E-state index is -0.446. The fraction of sp³-hybridized carbons (Fsp3) is 0.238. The van der Waals surface area contributed by atoms with Crippen molar-refractivity contribution >= 4 is 29.5 Å². The molecule has 0 saturated carbocycles. The van der Waals surface area contributed by atoms with E-state index in [9.17, 15) is 9.59 Å². The maximum absolute atomic E-state index is 12.9. The van der Waals surface area contributed by atoms with Crippen molar-refractivity contribution in [2.45, 2.75) is 13.8 Å². The first-order valence-corrected chi connectivity index (χ1v) is 9.37. The first-order chi connectivity index (χ1) is 13.5. The van der Waals surface area contributed by atoms with Gasteiger partial charge in [0.2, 0.25) is 6.79 Å². The molecule has 7 heteroatoms. The van der Waals surface area contributed by atoms with E-state index in [1.165, 1.54) is 0 Å². The maximum Gasteiger partial charge on any atom is 0.270 e. The molecule has 6 nitrogen and oxygen atoms in total. The number of fused-ring (bicyclic) bond motifs is 1. The fourth-order valence-electron chi connectivity index (χ4n) is 2.84. The lowest BCUT2D eigenvalue weighted by Crippen LogP contribution is -2.38. The standard InChI is InChI=1S/C21H21ClN2O4/c1-3-24(4-2)21(26)17(23-20(25)15-7-5-6-8-16(15)22)11-14-9-10-18-19(12-14)28-13-27-18/h5-12H,3-4,13H2,1-2H3,(H,23,25). The van der Waals surface area contributed by atoms with Gasteiger partial charge in [-0.25, -0.2) is 0 Å². The molecule has 28 heavy (non-hydrogen) atoms. The predicted molar refractivity (Wildman–Crippen MR) is 107 cm³/mol. The molecule has 2 aromatic carbocycles. The number of halogens is 1. The van der Waals surface area contributed by atoms with Crippen LogP contribution >= 0.6 is 11.6 Å². The normalized spacial score (nSPS) is 12.6. The molecule has 0 aliphatic carbocycles. The van der Waals surface area contributed by atoms with E-state index in [1.54, 1.807) is 53.4 Å². The van der Waals surface area contributed by atoms with Crippen LogP contribution in [0.15, 0.2) is 48.2 Å². The van der Waals surface area contributed by atoms with Crippen molar-refractivity contribution < 1.29 is 19.1 Å². The summed E-state index contributed by atoms with van der Waals surface area (Å²) in [4.78, 5) is 27.3. The number of likely N-dealkylation sites (N-methyl/N-ethyl adjacent to an activating group) is 1. The molecule has 1 heterocycles. The molecule has 0 spiro atoms. The minimum absolute atomic E-state index is 0.160. The number of carbonyl (C=O) groups excluding carboxylic acids is 2. The number of nitrogens with one attached hydrogen (secondary N) is 1. The topological polar surface area (TPSA) is 67.9 Å². The van der Waals surface area contributed by atoms with Gasteiger partial charge in [-0.2, -0.15) is 0 Å². The van der Waals surface area contributed by atoms with Crippen molar-refractivity contribution in [2.75, 3.05) is 19.9 Å². The van der Waals surface area contributed by atoms with Gasteiger partial charge in [0, 0.05) is 13.1 Å². The Morgan fingerprint density at radius 1 is 1.11 bits per heavy atom. The Morgan fingerprint density at radius 2 is 1.82 bits per heavy atom. The Kier molecular flexibility index (Phi) is 6.21. The van der Waals surface area contributed by atoms with E-state index in [-0.39, 0.29) is 18.4 Å². The Morgan fingerprint density at radius 3 is 2.54 bits per heavy atom. The van der Waals surface area contributed by atoms with Crippen LogP contribution in [0.5, 0.6) is 11.5 Å². The van der Waals surface area contributed by atoms with Gasteiger partial charge in [-0.05, 0) is 49.8 Å². The SMILES string of the molecule is CCN(CC)C(=O)C(=Cc1ccc2c(c1)OCO2)NC(=O)c1ccccc1Cl. The monoisotopic (exact) mass is 400 g/mol. The van der Waals surface area contributed by atoms with Crippen LogP contribution in [0.2, 0.25) is 5.02 Å². The molecular weight excluding hydrogens is 380 g/mol. The van der Waals surface area contributed by atoms with Crippen molar-refractivity contribution in [1.82, 2.24) is 10.2 Å². The van der Waals surface area contributed by atoms with Gasteiger partial charge in [0.1, 0.15) is 5.70 Å². The van der Waals surface area contributed by atoms with Gasteiger partial charge in [-0.1, -0.05) is 29.8 Å². The Bertz CT molecular complexity index is 922. The molecule has 0 unspecified atom stereocenters. The van der Waals surface area contributed by atoms with Gasteiger partial charge >= 0.3 is 0 Å². The lowest BCUT2D eigenvalue weighted by molar-refractivity contribution is -0.127. The number of hydrogen-bond acceptors (Lipinski definition) is 4. The van der Waals surface area contributed by atoms with Crippen molar-refractivity contribution in [1.29, 1.82) is 0 Å². The summed E-state index contributed by atoms with van der Waals surface area (Å²) in [5.41, 5.74) is 1.17. The van der Waals surface area contributed by atoms with Crippen LogP contribution in [-0.4, -0.2) is 36.6 Å². The number of carbonyl (C=O) groups is 2. The van der Waals surface area contributed by atoms with Crippen LogP contribution in [0.3, 0.4) is 0 Å². The molecule has 0 fully saturated rings. The van der Waals surface area contributed by atoms with E-state index < -0.39 is 5.91 Å².